The third kappa shape index (κ3) is 4.13. The molecule has 0 aliphatic heterocycles. The van der Waals surface area contributed by atoms with Crippen LogP contribution in [0.2, 0.25) is 0 Å². The van der Waals surface area contributed by atoms with Gasteiger partial charge in [0.15, 0.2) is 17.3 Å². The van der Waals surface area contributed by atoms with Gasteiger partial charge >= 0.3 is 0 Å². The normalized spacial score (nSPS) is 45.8. The number of Topliss-reactive ketones (excluding diaryl/α,β-unsaturated/α-hetero) is 3. The van der Waals surface area contributed by atoms with Crippen LogP contribution in [-0.2, 0) is 14.4 Å². The first kappa shape index (κ1) is 30.0. The minimum absolute atomic E-state index is 0.00399. The molecule has 40 heavy (non-hydrogen) atoms. The van der Waals surface area contributed by atoms with E-state index >= 15 is 0 Å². The van der Waals surface area contributed by atoms with Crippen LogP contribution in [0.5, 0.6) is 0 Å². The molecule has 0 bridgehead atoms. The average molecular weight is 549 g/mol. The maximum atomic E-state index is 15.0. The number of ketones is 3. The summed E-state index contributed by atoms with van der Waals surface area (Å²) < 4.78 is 0. The summed E-state index contributed by atoms with van der Waals surface area (Å²) in [6, 6.07) is 0. The van der Waals surface area contributed by atoms with Gasteiger partial charge < -0.3 is 0 Å². The van der Waals surface area contributed by atoms with Gasteiger partial charge in [0.25, 0.3) is 0 Å². The zero-order valence-corrected chi connectivity index (χ0v) is 27.2. The fourth-order valence-electron chi connectivity index (χ4n) is 11.7. The highest BCUT2D eigenvalue weighted by atomic mass is 16.2. The fraction of sp³-hybridized carbons (Fsp3) is 0.811. The van der Waals surface area contributed by atoms with Crippen molar-refractivity contribution in [3.05, 3.63) is 22.3 Å². The molecule has 222 valence electrons. The molecule has 3 saturated carbocycles. The summed E-state index contributed by atoms with van der Waals surface area (Å²) in [4.78, 5) is 41.9. The van der Waals surface area contributed by atoms with E-state index in [1.165, 1.54) is 51.0 Å². The van der Waals surface area contributed by atoms with E-state index in [4.69, 9.17) is 0 Å². The molecule has 0 aromatic heterocycles. The van der Waals surface area contributed by atoms with Gasteiger partial charge in [0.2, 0.25) is 0 Å². The van der Waals surface area contributed by atoms with Gasteiger partial charge in [-0.05, 0) is 117 Å². The molecule has 0 amide bonds. The Morgan fingerprint density at radius 1 is 1.00 bits per heavy atom. The Labute approximate surface area is 244 Å². The van der Waals surface area contributed by atoms with Crippen LogP contribution in [0.1, 0.15) is 127 Å². The predicted molar refractivity (Wildman–Crippen MR) is 163 cm³/mol. The molecule has 0 heterocycles. The molecule has 0 N–H and O–H groups in total. The van der Waals surface area contributed by atoms with E-state index < -0.39 is 5.41 Å². The molecule has 0 spiro atoms. The quantitative estimate of drug-likeness (QED) is 0.329. The summed E-state index contributed by atoms with van der Waals surface area (Å²) in [7, 11) is 0. The largest absolute Gasteiger partial charge is 0.294 e. The second kappa shape index (κ2) is 10.0. The Morgan fingerprint density at radius 3 is 2.17 bits per heavy atom. The smallest absolute Gasteiger partial charge is 0.173 e. The third-order valence-electron chi connectivity index (χ3n) is 13.9. The molecule has 0 radical (unpaired) electrons. The highest BCUT2D eigenvalue weighted by molar-refractivity contribution is 6.22. The van der Waals surface area contributed by atoms with E-state index in [-0.39, 0.29) is 34.2 Å². The Bertz CT molecular complexity index is 1160. The summed E-state index contributed by atoms with van der Waals surface area (Å²) >= 11 is 0. The van der Waals surface area contributed by atoms with Crippen LogP contribution in [0.3, 0.4) is 0 Å². The highest BCUT2D eigenvalue weighted by Gasteiger charge is 2.69. The molecular weight excluding hydrogens is 492 g/mol. The van der Waals surface area contributed by atoms with Crippen LogP contribution in [0.25, 0.3) is 0 Å². The third-order valence-corrected chi connectivity index (χ3v) is 13.9. The first-order chi connectivity index (χ1) is 18.6. The standard InChI is InChI=1S/C37H56O3/c1-11-25-12-14-26(15-13-25)28-16-27(20(2)3)29-18-35(8)19-36(9)17-21(4)30(24(7)38)34(40)37(36,10)23(6)32(35)33(39)31(29)22(28)5/h20,23,25-29,32H,11-19H2,1-10H3. The molecule has 0 saturated heterocycles. The summed E-state index contributed by atoms with van der Waals surface area (Å²) in [5.74, 6) is 3.51. The van der Waals surface area contributed by atoms with E-state index in [9.17, 15) is 14.4 Å². The Balaban J connectivity index is 1.59. The molecule has 8 unspecified atom stereocenters. The van der Waals surface area contributed by atoms with Crippen molar-refractivity contribution >= 4 is 17.3 Å². The van der Waals surface area contributed by atoms with Crippen molar-refractivity contribution < 1.29 is 14.4 Å². The molecule has 0 aromatic rings. The Hall–Kier alpha value is -1.51. The van der Waals surface area contributed by atoms with Crippen molar-refractivity contribution in [3.8, 4) is 0 Å². The van der Waals surface area contributed by atoms with Crippen LogP contribution in [0.4, 0.5) is 0 Å². The van der Waals surface area contributed by atoms with Crippen LogP contribution in [-0.4, -0.2) is 17.3 Å². The first-order valence-corrected chi connectivity index (χ1v) is 16.6. The summed E-state index contributed by atoms with van der Waals surface area (Å²) in [6.45, 7) is 21.9. The lowest BCUT2D eigenvalue weighted by molar-refractivity contribution is -0.175. The lowest BCUT2D eigenvalue weighted by Gasteiger charge is -2.66. The topological polar surface area (TPSA) is 51.2 Å². The number of rotatable bonds is 4. The molecule has 3 heteroatoms. The lowest BCUT2D eigenvalue weighted by Crippen LogP contribution is -2.65. The maximum absolute atomic E-state index is 15.0. The molecule has 5 aliphatic rings. The number of carbonyl (C=O) groups is 3. The number of hydrogen-bond acceptors (Lipinski definition) is 3. The van der Waals surface area contributed by atoms with Crippen molar-refractivity contribution in [3.63, 3.8) is 0 Å². The maximum Gasteiger partial charge on any atom is 0.173 e. The Kier molecular flexibility index (Phi) is 7.53. The van der Waals surface area contributed by atoms with Gasteiger partial charge in [-0.1, -0.05) is 78.9 Å². The summed E-state index contributed by atoms with van der Waals surface area (Å²) in [5.41, 5.74) is 2.82. The zero-order valence-electron chi connectivity index (χ0n) is 27.2. The highest BCUT2D eigenvalue weighted by Crippen LogP contribution is 2.70. The van der Waals surface area contributed by atoms with E-state index in [0.29, 0.717) is 40.9 Å². The molecule has 8 atom stereocenters. The van der Waals surface area contributed by atoms with E-state index in [1.54, 1.807) is 0 Å². The molecule has 5 rings (SSSR count). The van der Waals surface area contributed by atoms with Crippen molar-refractivity contribution in [1.82, 2.24) is 0 Å². The van der Waals surface area contributed by atoms with Gasteiger partial charge in [-0.15, -0.1) is 0 Å². The van der Waals surface area contributed by atoms with Crippen molar-refractivity contribution in [2.24, 2.45) is 63.6 Å². The van der Waals surface area contributed by atoms with Crippen molar-refractivity contribution in [2.45, 2.75) is 127 Å². The monoisotopic (exact) mass is 548 g/mol. The van der Waals surface area contributed by atoms with Gasteiger partial charge in [-0.3, -0.25) is 14.4 Å². The molecule has 3 fully saturated rings. The van der Waals surface area contributed by atoms with E-state index in [0.717, 1.165) is 36.3 Å². The molecule has 0 aromatic carbocycles. The zero-order chi connectivity index (χ0) is 29.5. The van der Waals surface area contributed by atoms with Crippen LogP contribution >= 0.6 is 0 Å². The predicted octanol–water partition coefficient (Wildman–Crippen LogP) is 8.95. The van der Waals surface area contributed by atoms with Gasteiger partial charge in [0.1, 0.15) is 0 Å². The number of allylic oxidation sites excluding steroid dienone is 4. The van der Waals surface area contributed by atoms with Gasteiger partial charge in [-0.2, -0.15) is 0 Å². The van der Waals surface area contributed by atoms with Crippen LogP contribution in [0, 0.1) is 63.6 Å². The van der Waals surface area contributed by atoms with Gasteiger partial charge in [-0.25, -0.2) is 0 Å². The van der Waals surface area contributed by atoms with Crippen LogP contribution < -0.4 is 0 Å². The second-order valence-electron chi connectivity index (χ2n) is 16.3. The minimum atomic E-state index is -0.710. The number of carbonyl (C=O) groups excluding carboxylic acids is 3. The SMILES string of the molecule is CCC1CCC(C2CC(C(C)C)C3CC4(C)CC5(C)CC(C)=C(C(C)=O)C(=O)C5(C)C(C)C4C(=O)C3=C2C)CC1. The molecular formula is C37H56O3. The minimum Gasteiger partial charge on any atom is -0.294 e. The summed E-state index contributed by atoms with van der Waals surface area (Å²) in [5, 5.41) is 0. The fourth-order valence-corrected chi connectivity index (χ4v) is 11.7. The average Bonchev–Trinajstić information content (AvgIpc) is 2.85. The van der Waals surface area contributed by atoms with E-state index in [1.807, 2.05) is 6.92 Å². The Morgan fingerprint density at radius 2 is 1.62 bits per heavy atom. The van der Waals surface area contributed by atoms with Crippen molar-refractivity contribution in [1.29, 1.82) is 0 Å². The van der Waals surface area contributed by atoms with E-state index in [2.05, 4.69) is 55.4 Å². The summed E-state index contributed by atoms with van der Waals surface area (Å²) in [6.07, 6.45) is 10.5. The van der Waals surface area contributed by atoms with Gasteiger partial charge in [0, 0.05) is 11.3 Å². The molecule has 3 nitrogen and oxygen atoms in total. The van der Waals surface area contributed by atoms with Crippen molar-refractivity contribution in [2.75, 3.05) is 0 Å². The second-order valence-corrected chi connectivity index (χ2v) is 16.3. The first-order valence-electron chi connectivity index (χ1n) is 16.6. The van der Waals surface area contributed by atoms with Crippen LogP contribution in [0.15, 0.2) is 22.3 Å². The number of fused-ring (bicyclic) bond motifs is 3. The number of hydrogen-bond donors (Lipinski definition) is 0. The van der Waals surface area contributed by atoms with Gasteiger partial charge in [0.05, 0.1) is 5.57 Å². The lowest BCUT2D eigenvalue weighted by atomic mass is 9.36. The molecule has 5 aliphatic carbocycles.